The van der Waals surface area contributed by atoms with Crippen molar-refractivity contribution >= 4 is 11.3 Å². The van der Waals surface area contributed by atoms with Gasteiger partial charge in [0.1, 0.15) is 18.0 Å². The predicted molar refractivity (Wildman–Crippen MR) is 108 cm³/mol. The van der Waals surface area contributed by atoms with E-state index in [9.17, 15) is 13.9 Å². The number of alkyl halides is 2. The molecule has 2 bridgehead atoms. The van der Waals surface area contributed by atoms with E-state index in [0.29, 0.717) is 23.4 Å². The Morgan fingerprint density at radius 3 is 2.83 bits per heavy atom. The molecule has 5 rings (SSSR count). The second kappa shape index (κ2) is 7.59. The van der Waals surface area contributed by atoms with Gasteiger partial charge in [-0.25, -0.2) is 13.5 Å². The number of nitrogens with zero attached hydrogens (tertiary/aromatic N) is 4. The van der Waals surface area contributed by atoms with Crippen LogP contribution in [0.25, 0.3) is 16.3 Å². The SMILES string of the molecule is Cc1ccn(-c2ccc(-c3nnc(OC4CC5CC(F)CC(N5)C4F)s3)c(O)c2)n1. The Bertz CT molecular complexity index is 1060. The number of fused-ring (bicyclic) bond motifs is 2. The Kier molecular flexibility index (Phi) is 4.90. The zero-order valence-electron chi connectivity index (χ0n) is 16.2. The summed E-state index contributed by atoms with van der Waals surface area (Å²) in [5.74, 6) is 0.0390. The number of aryl methyl sites for hydroxylation is 1. The number of aromatic nitrogens is 4. The van der Waals surface area contributed by atoms with Gasteiger partial charge < -0.3 is 15.2 Å². The monoisotopic (exact) mass is 433 g/mol. The van der Waals surface area contributed by atoms with Gasteiger partial charge in [-0.3, -0.25) is 0 Å². The van der Waals surface area contributed by atoms with Crippen LogP contribution in [-0.4, -0.2) is 55.6 Å². The maximum atomic E-state index is 14.7. The van der Waals surface area contributed by atoms with Crippen molar-refractivity contribution in [3.63, 3.8) is 0 Å². The van der Waals surface area contributed by atoms with Gasteiger partial charge in [0.2, 0.25) is 0 Å². The molecule has 1 aromatic carbocycles. The lowest BCUT2D eigenvalue weighted by Gasteiger charge is -2.43. The molecule has 2 aliphatic rings. The zero-order valence-corrected chi connectivity index (χ0v) is 17.0. The molecule has 7 nitrogen and oxygen atoms in total. The molecule has 30 heavy (non-hydrogen) atoms. The fourth-order valence-corrected chi connectivity index (χ4v) is 4.97. The molecular weight excluding hydrogens is 412 g/mol. The lowest BCUT2D eigenvalue weighted by molar-refractivity contribution is -0.00870. The van der Waals surface area contributed by atoms with Crippen LogP contribution in [0.4, 0.5) is 8.78 Å². The Morgan fingerprint density at radius 1 is 1.20 bits per heavy atom. The van der Waals surface area contributed by atoms with Gasteiger partial charge in [0.15, 0.2) is 11.2 Å². The molecule has 0 aliphatic carbocycles. The first-order valence-electron chi connectivity index (χ1n) is 9.86. The maximum absolute atomic E-state index is 14.7. The van der Waals surface area contributed by atoms with Crippen LogP contribution in [0.1, 0.15) is 25.0 Å². The summed E-state index contributed by atoms with van der Waals surface area (Å²) in [6, 6.07) is 6.41. The lowest BCUT2D eigenvalue weighted by Crippen LogP contribution is -2.61. The Hall–Kier alpha value is -2.59. The summed E-state index contributed by atoms with van der Waals surface area (Å²) in [5.41, 5.74) is 2.10. The van der Waals surface area contributed by atoms with Crippen molar-refractivity contribution in [2.45, 2.75) is 56.7 Å². The summed E-state index contributed by atoms with van der Waals surface area (Å²) >= 11 is 1.14. The van der Waals surface area contributed by atoms with Crippen LogP contribution in [0.2, 0.25) is 0 Å². The van der Waals surface area contributed by atoms with Crippen molar-refractivity contribution < 1.29 is 18.6 Å². The number of phenolic OH excluding ortho intramolecular Hbond substituents is 1. The third-order valence-electron chi connectivity index (χ3n) is 5.61. The summed E-state index contributed by atoms with van der Waals surface area (Å²) < 4.78 is 35.9. The normalized spacial score (nSPS) is 28.4. The molecule has 5 atom stereocenters. The molecule has 4 heterocycles. The van der Waals surface area contributed by atoms with Crippen molar-refractivity contribution in [3.05, 3.63) is 36.2 Å². The van der Waals surface area contributed by atoms with E-state index in [-0.39, 0.29) is 23.4 Å². The fraction of sp³-hybridized carbons (Fsp3) is 0.450. The molecule has 3 aromatic rings. The van der Waals surface area contributed by atoms with Gasteiger partial charge in [0, 0.05) is 30.8 Å². The van der Waals surface area contributed by atoms with Crippen molar-refractivity contribution in [3.8, 4) is 27.2 Å². The van der Waals surface area contributed by atoms with E-state index in [2.05, 4.69) is 20.6 Å². The first-order valence-corrected chi connectivity index (χ1v) is 10.7. The van der Waals surface area contributed by atoms with Crippen LogP contribution in [0.5, 0.6) is 10.9 Å². The molecule has 2 saturated heterocycles. The number of halogens is 2. The van der Waals surface area contributed by atoms with E-state index in [4.69, 9.17) is 4.74 Å². The highest BCUT2D eigenvalue weighted by molar-refractivity contribution is 7.16. The smallest absolute Gasteiger partial charge is 0.294 e. The minimum atomic E-state index is -1.31. The van der Waals surface area contributed by atoms with Crippen molar-refractivity contribution in [1.82, 2.24) is 25.3 Å². The van der Waals surface area contributed by atoms with Crippen molar-refractivity contribution in [2.75, 3.05) is 0 Å². The lowest BCUT2D eigenvalue weighted by atomic mass is 9.83. The maximum Gasteiger partial charge on any atom is 0.294 e. The minimum absolute atomic E-state index is 0.0390. The number of hydrogen-bond donors (Lipinski definition) is 2. The molecule has 0 spiro atoms. The number of phenols is 1. The van der Waals surface area contributed by atoms with Crippen LogP contribution in [-0.2, 0) is 0 Å². The number of hydrogen-bond acceptors (Lipinski definition) is 7. The number of nitrogens with one attached hydrogen (secondary N) is 1. The number of rotatable bonds is 4. The molecule has 0 radical (unpaired) electrons. The van der Waals surface area contributed by atoms with Crippen LogP contribution in [0.3, 0.4) is 0 Å². The van der Waals surface area contributed by atoms with Crippen LogP contribution in [0.15, 0.2) is 30.5 Å². The standard InChI is InChI=1S/C20H21F2N5O2S/c1-10-4-5-27(26-10)13-2-3-14(16(28)9-13)19-24-25-20(30-19)29-17-8-12-6-11(21)7-15(23-12)18(17)22/h2-5,9,11-12,15,17-18,23,28H,6-8H2,1H3. The predicted octanol–water partition coefficient (Wildman–Crippen LogP) is 3.35. The van der Waals surface area contributed by atoms with Crippen LogP contribution < -0.4 is 10.1 Å². The van der Waals surface area contributed by atoms with E-state index in [0.717, 1.165) is 22.7 Å². The number of aromatic hydroxyl groups is 1. The number of piperidine rings is 2. The molecule has 0 saturated carbocycles. The largest absolute Gasteiger partial charge is 0.507 e. The summed E-state index contributed by atoms with van der Waals surface area (Å²) in [7, 11) is 0. The zero-order chi connectivity index (χ0) is 20.8. The second-order valence-electron chi connectivity index (χ2n) is 7.85. The summed E-state index contributed by atoms with van der Waals surface area (Å²) in [6.45, 7) is 1.89. The van der Waals surface area contributed by atoms with E-state index in [1.165, 1.54) is 0 Å². The summed E-state index contributed by atoms with van der Waals surface area (Å²) in [5, 5.41) is 26.7. The van der Waals surface area contributed by atoms with Crippen molar-refractivity contribution in [1.29, 1.82) is 0 Å². The molecule has 0 amide bonds. The fourth-order valence-electron chi connectivity index (χ4n) is 4.19. The third kappa shape index (κ3) is 3.65. The Labute approximate surface area is 175 Å². The Balaban J connectivity index is 1.32. The molecule has 2 N–H and O–H groups in total. The molecule has 5 unspecified atom stereocenters. The summed E-state index contributed by atoms with van der Waals surface area (Å²) in [4.78, 5) is 0. The molecular formula is C20H21F2N5O2S. The Morgan fingerprint density at radius 2 is 2.07 bits per heavy atom. The molecule has 2 fully saturated rings. The van der Waals surface area contributed by atoms with E-state index < -0.39 is 24.5 Å². The average molecular weight is 433 g/mol. The summed E-state index contributed by atoms with van der Waals surface area (Å²) in [6.07, 6.45) is -0.227. The third-order valence-corrected chi connectivity index (χ3v) is 6.46. The minimum Gasteiger partial charge on any atom is -0.507 e. The van der Waals surface area contributed by atoms with Crippen LogP contribution in [0, 0.1) is 6.92 Å². The average Bonchev–Trinajstić information content (AvgIpc) is 3.34. The highest BCUT2D eigenvalue weighted by Crippen LogP contribution is 2.37. The molecule has 2 aromatic heterocycles. The van der Waals surface area contributed by atoms with E-state index >= 15 is 0 Å². The van der Waals surface area contributed by atoms with Crippen molar-refractivity contribution in [2.24, 2.45) is 0 Å². The van der Waals surface area contributed by atoms with E-state index in [1.54, 1.807) is 16.8 Å². The van der Waals surface area contributed by atoms with Gasteiger partial charge in [0.25, 0.3) is 5.19 Å². The topological polar surface area (TPSA) is 85.1 Å². The second-order valence-corrected chi connectivity index (χ2v) is 8.79. The number of benzene rings is 1. The highest BCUT2D eigenvalue weighted by atomic mass is 32.1. The quantitative estimate of drug-likeness (QED) is 0.656. The van der Waals surface area contributed by atoms with Gasteiger partial charge in [-0.15, -0.1) is 5.10 Å². The first kappa shape index (κ1) is 19.4. The van der Waals surface area contributed by atoms with Gasteiger partial charge in [-0.05, 0) is 38.0 Å². The van der Waals surface area contributed by atoms with Gasteiger partial charge in [0.05, 0.1) is 16.9 Å². The van der Waals surface area contributed by atoms with Crippen LogP contribution >= 0.6 is 11.3 Å². The first-order chi connectivity index (χ1) is 14.5. The molecule has 10 heteroatoms. The van der Waals surface area contributed by atoms with Gasteiger partial charge in [-0.2, -0.15) is 5.10 Å². The van der Waals surface area contributed by atoms with E-state index in [1.807, 2.05) is 25.3 Å². The number of ether oxygens (including phenoxy) is 1. The molecule has 2 aliphatic heterocycles. The highest BCUT2D eigenvalue weighted by Gasteiger charge is 2.44. The molecule has 158 valence electrons. The van der Waals surface area contributed by atoms with Gasteiger partial charge in [-0.1, -0.05) is 16.4 Å². The van der Waals surface area contributed by atoms with Gasteiger partial charge >= 0.3 is 0 Å².